The molecular weight excluding hydrogens is 375 g/mol. The van der Waals surface area contributed by atoms with E-state index in [1.54, 1.807) is 31.3 Å². The third-order valence-electron chi connectivity index (χ3n) is 3.70. The van der Waals surface area contributed by atoms with Crippen molar-refractivity contribution in [2.75, 3.05) is 6.61 Å². The lowest BCUT2D eigenvalue weighted by atomic mass is 9.99. The molecule has 7 heteroatoms. The van der Waals surface area contributed by atoms with Gasteiger partial charge in [0.2, 0.25) is 0 Å². The van der Waals surface area contributed by atoms with Gasteiger partial charge in [0.15, 0.2) is 5.60 Å². The number of fused-ring (bicyclic) bond motifs is 1. The highest BCUT2D eigenvalue weighted by Crippen LogP contribution is 2.41. The lowest BCUT2D eigenvalue weighted by molar-refractivity contribution is -0.280. The summed E-state index contributed by atoms with van der Waals surface area (Å²) in [5, 5.41) is 10.4. The van der Waals surface area contributed by atoms with Gasteiger partial charge in [0.05, 0.1) is 12.1 Å². The number of ether oxygens (including phenoxy) is 1. The van der Waals surface area contributed by atoms with E-state index in [2.05, 4.69) is 20.9 Å². The normalized spacial score (nSPS) is 14.3. The van der Waals surface area contributed by atoms with Crippen LogP contribution in [0.4, 0.5) is 13.2 Å². The third kappa shape index (κ3) is 3.51. The van der Waals surface area contributed by atoms with E-state index < -0.39 is 24.5 Å². The van der Waals surface area contributed by atoms with Crippen LogP contribution in [0.3, 0.4) is 0 Å². The first kappa shape index (κ1) is 18.2. The predicted octanol–water partition coefficient (Wildman–Crippen LogP) is 4.70. The molecule has 1 atom stereocenters. The van der Waals surface area contributed by atoms with Crippen molar-refractivity contribution >= 4 is 26.8 Å². The molecular formula is C16H17BrF3NO2. The van der Waals surface area contributed by atoms with Crippen molar-refractivity contribution in [1.82, 2.24) is 4.98 Å². The summed E-state index contributed by atoms with van der Waals surface area (Å²) in [4.78, 5) is 4.23. The van der Waals surface area contributed by atoms with Crippen LogP contribution in [0.2, 0.25) is 0 Å². The molecule has 0 saturated carbocycles. The van der Waals surface area contributed by atoms with Crippen molar-refractivity contribution < 1.29 is 23.0 Å². The quantitative estimate of drug-likeness (QED) is 0.821. The van der Waals surface area contributed by atoms with Crippen LogP contribution in [-0.2, 0) is 4.74 Å². The van der Waals surface area contributed by atoms with E-state index in [0.717, 1.165) is 19.2 Å². The minimum absolute atomic E-state index is 0.491. The first-order valence-corrected chi connectivity index (χ1v) is 7.77. The second-order valence-electron chi connectivity index (χ2n) is 5.79. The van der Waals surface area contributed by atoms with E-state index in [1.807, 2.05) is 0 Å². The molecule has 1 aromatic carbocycles. The number of rotatable bonds is 4. The van der Waals surface area contributed by atoms with Gasteiger partial charge in [0, 0.05) is 21.6 Å². The number of benzene rings is 1. The van der Waals surface area contributed by atoms with Crippen molar-refractivity contribution in [2.45, 2.75) is 38.7 Å². The number of hydrogen-bond acceptors (Lipinski definition) is 3. The second kappa shape index (κ2) is 6.37. The smallest absolute Gasteiger partial charge is 0.393 e. The molecule has 23 heavy (non-hydrogen) atoms. The molecule has 1 N–H and O–H groups in total. The maximum Gasteiger partial charge on any atom is 0.416 e. The molecule has 0 aliphatic rings. The molecule has 0 aliphatic heterocycles. The molecule has 0 fully saturated rings. The van der Waals surface area contributed by atoms with Crippen molar-refractivity contribution in [3.8, 4) is 0 Å². The average molecular weight is 392 g/mol. The molecule has 2 aromatic rings. The highest BCUT2D eigenvalue weighted by molar-refractivity contribution is 9.10. The van der Waals surface area contributed by atoms with Crippen LogP contribution in [0, 0.1) is 6.92 Å². The SMILES string of the molecule is Cc1cc2ncccc2c(Br)c1C(CO)OC(C)(C)C(F)(F)F. The van der Waals surface area contributed by atoms with Crippen LogP contribution < -0.4 is 0 Å². The van der Waals surface area contributed by atoms with Crippen LogP contribution >= 0.6 is 15.9 Å². The van der Waals surface area contributed by atoms with Gasteiger partial charge in [0.25, 0.3) is 0 Å². The standard InChI is InChI=1S/C16H17BrF3NO2/c1-9-7-11-10(5-4-6-21-11)14(17)13(9)12(8-22)23-15(2,3)16(18,19)20/h4-7,12,22H,8H2,1-3H3. The molecule has 0 saturated heterocycles. The van der Waals surface area contributed by atoms with Crippen molar-refractivity contribution in [1.29, 1.82) is 0 Å². The molecule has 0 aliphatic carbocycles. The maximum absolute atomic E-state index is 13.1. The molecule has 3 nitrogen and oxygen atoms in total. The Bertz CT molecular complexity index is 716. The summed E-state index contributed by atoms with van der Waals surface area (Å²) in [6.07, 6.45) is -4.01. The Morgan fingerprint density at radius 3 is 2.57 bits per heavy atom. The Labute approximate surface area is 140 Å². The van der Waals surface area contributed by atoms with Gasteiger partial charge >= 0.3 is 6.18 Å². The Balaban J connectivity index is 2.52. The number of aliphatic hydroxyl groups excluding tert-OH is 1. The van der Waals surface area contributed by atoms with E-state index in [1.165, 1.54) is 0 Å². The zero-order chi connectivity index (χ0) is 17.4. The van der Waals surface area contributed by atoms with E-state index in [9.17, 15) is 18.3 Å². The highest BCUT2D eigenvalue weighted by atomic mass is 79.9. The molecule has 0 bridgehead atoms. The lowest BCUT2D eigenvalue weighted by Crippen LogP contribution is -2.43. The van der Waals surface area contributed by atoms with E-state index in [0.29, 0.717) is 21.1 Å². The van der Waals surface area contributed by atoms with Crippen LogP contribution in [0.5, 0.6) is 0 Å². The highest BCUT2D eigenvalue weighted by Gasteiger charge is 2.50. The fourth-order valence-corrected chi connectivity index (χ4v) is 3.23. The predicted molar refractivity (Wildman–Crippen MR) is 85.2 cm³/mol. The number of hydrogen-bond donors (Lipinski definition) is 1. The fourth-order valence-electron chi connectivity index (χ4n) is 2.32. The summed E-state index contributed by atoms with van der Waals surface area (Å²) in [5.74, 6) is 0. The maximum atomic E-state index is 13.1. The zero-order valence-corrected chi connectivity index (χ0v) is 14.5. The molecule has 1 aromatic heterocycles. The molecule has 0 amide bonds. The van der Waals surface area contributed by atoms with Crippen molar-refractivity contribution in [3.63, 3.8) is 0 Å². The summed E-state index contributed by atoms with van der Waals surface area (Å²) in [6, 6.07) is 5.31. The first-order valence-electron chi connectivity index (χ1n) is 6.97. The summed E-state index contributed by atoms with van der Waals surface area (Å²) in [6.45, 7) is 3.08. The molecule has 126 valence electrons. The first-order chi connectivity index (χ1) is 10.6. The van der Waals surface area contributed by atoms with Crippen LogP contribution in [0.1, 0.15) is 31.1 Å². The average Bonchev–Trinajstić information content (AvgIpc) is 2.44. The van der Waals surface area contributed by atoms with Gasteiger partial charge in [-0.3, -0.25) is 4.98 Å². The molecule has 1 heterocycles. The summed E-state index contributed by atoms with van der Waals surface area (Å²) < 4.78 is 45.0. The third-order valence-corrected chi connectivity index (χ3v) is 4.55. The largest absolute Gasteiger partial charge is 0.416 e. The number of aryl methyl sites for hydroxylation is 1. The van der Waals surface area contributed by atoms with Crippen molar-refractivity contribution in [3.05, 3.63) is 40.0 Å². The summed E-state index contributed by atoms with van der Waals surface area (Å²) in [5.41, 5.74) is -0.478. The van der Waals surface area contributed by atoms with Gasteiger partial charge in [-0.05, 0) is 54.4 Å². The Morgan fingerprint density at radius 2 is 2.00 bits per heavy atom. The summed E-state index contributed by atoms with van der Waals surface area (Å²) in [7, 11) is 0. The number of alkyl halides is 3. The van der Waals surface area contributed by atoms with Crippen LogP contribution in [0.15, 0.2) is 28.9 Å². The monoisotopic (exact) mass is 391 g/mol. The van der Waals surface area contributed by atoms with E-state index in [4.69, 9.17) is 4.74 Å². The fraction of sp³-hybridized carbons (Fsp3) is 0.438. The van der Waals surface area contributed by atoms with Gasteiger partial charge in [-0.25, -0.2) is 0 Å². The lowest BCUT2D eigenvalue weighted by Gasteiger charge is -2.33. The molecule has 0 radical (unpaired) electrons. The summed E-state index contributed by atoms with van der Waals surface area (Å²) >= 11 is 3.42. The Morgan fingerprint density at radius 1 is 1.35 bits per heavy atom. The van der Waals surface area contributed by atoms with Crippen molar-refractivity contribution in [2.24, 2.45) is 0 Å². The number of aromatic nitrogens is 1. The number of aliphatic hydroxyl groups is 1. The Hall–Kier alpha value is -1.18. The minimum Gasteiger partial charge on any atom is -0.393 e. The van der Waals surface area contributed by atoms with Crippen LogP contribution in [0.25, 0.3) is 10.9 Å². The molecule has 1 unspecified atom stereocenters. The number of pyridine rings is 1. The van der Waals surface area contributed by atoms with Gasteiger partial charge in [0.1, 0.15) is 6.10 Å². The Kier molecular flexibility index (Phi) is 5.03. The van der Waals surface area contributed by atoms with E-state index in [-0.39, 0.29) is 0 Å². The molecule has 2 rings (SSSR count). The number of nitrogens with zero attached hydrogens (tertiary/aromatic N) is 1. The second-order valence-corrected chi connectivity index (χ2v) is 6.58. The minimum atomic E-state index is -4.54. The van der Waals surface area contributed by atoms with Gasteiger partial charge in [-0.15, -0.1) is 0 Å². The van der Waals surface area contributed by atoms with Gasteiger partial charge < -0.3 is 9.84 Å². The van der Waals surface area contributed by atoms with Gasteiger partial charge in [-0.2, -0.15) is 13.2 Å². The topological polar surface area (TPSA) is 42.4 Å². The van der Waals surface area contributed by atoms with E-state index >= 15 is 0 Å². The molecule has 0 spiro atoms. The zero-order valence-electron chi connectivity index (χ0n) is 12.9. The number of halogens is 4. The van der Waals surface area contributed by atoms with Crippen LogP contribution in [-0.4, -0.2) is 28.5 Å². The van der Waals surface area contributed by atoms with Gasteiger partial charge in [-0.1, -0.05) is 6.07 Å².